The van der Waals surface area contributed by atoms with Gasteiger partial charge in [0.2, 0.25) is 0 Å². The molecule has 0 unspecified atom stereocenters. The van der Waals surface area contributed by atoms with Crippen LogP contribution in [0.25, 0.3) is 5.57 Å². The molecule has 132 valence electrons. The quantitative estimate of drug-likeness (QED) is 0.779. The van der Waals surface area contributed by atoms with Crippen LogP contribution >= 0.6 is 0 Å². The third kappa shape index (κ3) is 3.64. The fraction of sp³-hybridized carbons (Fsp3) is 0.421. The molecule has 2 aliphatic heterocycles. The van der Waals surface area contributed by atoms with Gasteiger partial charge in [-0.3, -0.25) is 19.3 Å². The summed E-state index contributed by atoms with van der Waals surface area (Å²) in [4.78, 5) is 39.6. The van der Waals surface area contributed by atoms with Gasteiger partial charge in [-0.05, 0) is 36.5 Å². The minimum Gasteiger partial charge on any atom is -0.381 e. The van der Waals surface area contributed by atoms with E-state index in [2.05, 4.69) is 0 Å². The Morgan fingerprint density at radius 3 is 2.40 bits per heavy atom. The number of ether oxygens (including phenoxy) is 1. The van der Waals surface area contributed by atoms with Crippen molar-refractivity contribution in [2.24, 2.45) is 5.92 Å². The van der Waals surface area contributed by atoms with E-state index in [0.717, 1.165) is 12.8 Å². The minimum atomic E-state index is -0.264. The van der Waals surface area contributed by atoms with E-state index in [1.165, 1.54) is 15.9 Å². The van der Waals surface area contributed by atoms with Gasteiger partial charge in [0.25, 0.3) is 17.7 Å². The average Bonchev–Trinajstić information content (AvgIpc) is 2.90. The topological polar surface area (TPSA) is 66.9 Å². The van der Waals surface area contributed by atoms with Crippen molar-refractivity contribution in [2.45, 2.75) is 12.8 Å². The maximum Gasteiger partial charge on any atom is 0.261 e. The van der Waals surface area contributed by atoms with Crippen LogP contribution in [-0.2, 0) is 14.3 Å². The maximum atomic E-state index is 12.6. The lowest BCUT2D eigenvalue weighted by Crippen LogP contribution is -2.37. The van der Waals surface area contributed by atoms with Crippen LogP contribution in [0.4, 0.5) is 0 Å². The number of imide groups is 1. The molecule has 0 spiro atoms. The number of carbonyl (C=O) groups is 3. The molecule has 0 saturated carbocycles. The summed E-state index contributed by atoms with van der Waals surface area (Å²) in [5.74, 6) is -0.326. The summed E-state index contributed by atoms with van der Waals surface area (Å²) in [7, 11) is 3.37. The monoisotopic (exact) mass is 342 g/mol. The largest absolute Gasteiger partial charge is 0.381 e. The van der Waals surface area contributed by atoms with Gasteiger partial charge in [-0.25, -0.2) is 0 Å². The van der Waals surface area contributed by atoms with Crippen LogP contribution in [0.2, 0.25) is 0 Å². The number of benzene rings is 1. The Labute approximate surface area is 147 Å². The zero-order valence-electron chi connectivity index (χ0n) is 14.5. The minimum absolute atomic E-state index is 0.101. The van der Waals surface area contributed by atoms with Crippen molar-refractivity contribution in [3.05, 3.63) is 41.5 Å². The number of carbonyl (C=O) groups excluding carboxylic acids is 3. The molecule has 6 heteroatoms. The maximum absolute atomic E-state index is 12.6. The Hall–Kier alpha value is -2.47. The molecule has 0 aromatic heterocycles. The zero-order chi connectivity index (χ0) is 18.0. The Morgan fingerprint density at radius 2 is 1.80 bits per heavy atom. The van der Waals surface area contributed by atoms with Gasteiger partial charge >= 0.3 is 0 Å². The molecular formula is C19H22N2O4. The van der Waals surface area contributed by atoms with Crippen LogP contribution < -0.4 is 0 Å². The Morgan fingerprint density at radius 1 is 1.16 bits per heavy atom. The van der Waals surface area contributed by atoms with Crippen LogP contribution in [0.3, 0.4) is 0 Å². The molecule has 3 rings (SSSR count). The Kier molecular flexibility index (Phi) is 4.99. The molecular weight excluding hydrogens is 320 g/mol. The summed E-state index contributed by atoms with van der Waals surface area (Å²) >= 11 is 0. The lowest BCUT2D eigenvalue weighted by molar-refractivity contribution is -0.137. The van der Waals surface area contributed by atoms with E-state index >= 15 is 0 Å². The molecule has 1 saturated heterocycles. The lowest BCUT2D eigenvalue weighted by Gasteiger charge is -2.26. The predicted octanol–water partition coefficient (Wildman–Crippen LogP) is 1.57. The fourth-order valence-corrected chi connectivity index (χ4v) is 3.13. The molecule has 25 heavy (non-hydrogen) atoms. The summed E-state index contributed by atoms with van der Waals surface area (Å²) in [6.45, 7) is 1.81. The van der Waals surface area contributed by atoms with Gasteiger partial charge in [-0.1, -0.05) is 12.1 Å². The van der Waals surface area contributed by atoms with Crippen molar-refractivity contribution >= 4 is 23.3 Å². The van der Waals surface area contributed by atoms with Crippen LogP contribution in [0.1, 0.15) is 28.8 Å². The van der Waals surface area contributed by atoms with Gasteiger partial charge < -0.3 is 9.64 Å². The second-order valence-electron chi connectivity index (χ2n) is 6.64. The fourth-order valence-electron chi connectivity index (χ4n) is 3.13. The van der Waals surface area contributed by atoms with Crippen LogP contribution in [0.5, 0.6) is 0 Å². The third-order valence-electron chi connectivity index (χ3n) is 4.64. The van der Waals surface area contributed by atoms with Crippen molar-refractivity contribution < 1.29 is 19.1 Å². The first kappa shape index (κ1) is 17.4. The Bertz CT molecular complexity index is 715. The molecule has 1 aromatic rings. The SMILES string of the molecule is CN(C)C(=O)c1ccc(C2=CC(=O)N(CC3CCOCC3)C2=O)cc1. The van der Waals surface area contributed by atoms with E-state index in [9.17, 15) is 14.4 Å². The molecule has 2 heterocycles. The molecule has 2 aliphatic rings. The summed E-state index contributed by atoms with van der Waals surface area (Å²) < 4.78 is 5.32. The molecule has 0 atom stereocenters. The van der Waals surface area contributed by atoms with Crippen molar-refractivity contribution in [2.75, 3.05) is 33.9 Å². The van der Waals surface area contributed by atoms with E-state index in [1.54, 1.807) is 38.4 Å². The summed E-state index contributed by atoms with van der Waals surface area (Å²) in [5, 5.41) is 0. The normalized spacial score (nSPS) is 18.5. The standard InChI is InChI=1S/C19H22N2O4/c1-20(2)18(23)15-5-3-14(4-6-15)16-11-17(22)21(19(16)24)12-13-7-9-25-10-8-13/h3-6,11,13H,7-10,12H2,1-2H3. The molecule has 6 nitrogen and oxygen atoms in total. The van der Waals surface area contributed by atoms with Crippen molar-refractivity contribution in [3.63, 3.8) is 0 Å². The summed E-state index contributed by atoms with van der Waals surface area (Å²) in [6, 6.07) is 6.78. The van der Waals surface area contributed by atoms with Gasteiger partial charge in [0.05, 0.1) is 5.57 Å². The first-order valence-electron chi connectivity index (χ1n) is 8.44. The summed E-state index contributed by atoms with van der Waals surface area (Å²) in [5.41, 5.74) is 1.59. The number of rotatable bonds is 4. The van der Waals surface area contributed by atoms with E-state index in [-0.39, 0.29) is 17.7 Å². The highest BCUT2D eigenvalue weighted by Gasteiger charge is 2.33. The Balaban J connectivity index is 1.72. The average molecular weight is 342 g/mol. The molecule has 0 radical (unpaired) electrons. The van der Waals surface area contributed by atoms with E-state index in [4.69, 9.17) is 4.74 Å². The molecule has 3 amide bonds. The first-order chi connectivity index (χ1) is 12.0. The number of hydrogen-bond donors (Lipinski definition) is 0. The van der Waals surface area contributed by atoms with Gasteiger partial charge in [0, 0.05) is 45.5 Å². The molecule has 1 aromatic carbocycles. The molecule has 1 fully saturated rings. The van der Waals surface area contributed by atoms with Crippen LogP contribution in [0, 0.1) is 5.92 Å². The van der Waals surface area contributed by atoms with Crippen molar-refractivity contribution in [3.8, 4) is 0 Å². The highest BCUT2D eigenvalue weighted by atomic mass is 16.5. The van der Waals surface area contributed by atoms with Gasteiger partial charge in [-0.2, -0.15) is 0 Å². The lowest BCUT2D eigenvalue weighted by atomic mass is 9.99. The first-order valence-corrected chi connectivity index (χ1v) is 8.44. The molecule has 0 aliphatic carbocycles. The third-order valence-corrected chi connectivity index (χ3v) is 4.64. The second-order valence-corrected chi connectivity index (χ2v) is 6.64. The number of nitrogens with zero attached hydrogens (tertiary/aromatic N) is 2. The van der Waals surface area contributed by atoms with Gasteiger partial charge in [0.1, 0.15) is 0 Å². The second kappa shape index (κ2) is 7.19. The smallest absolute Gasteiger partial charge is 0.261 e. The van der Waals surface area contributed by atoms with Gasteiger partial charge in [0.15, 0.2) is 0 Å². The molecule has 0 bridgehead atoms. The number of amides is 3. The van der Waals surface area contributed by atoms with E-state index < -0.39 is 0 Å². The predicted molar refractivity (Wildman–Crippen MR) is 92.7 cm³/mol. The van der Waals surface area contributed by atoms with Gasteiger partial charge in [-0.15, -0.1) is 0 Å². The number of hydrogen-bond acceptors (Lipinski definition) is 4. The highest BCUT2D eigenvalue weighted by Crippen LogP contribution is 2.26. The highest BCUT2D eigenvalue weighted by molar-refractivity contribution is 6.33. The van der Waals surface area contributed by atoms with E-state index in [1.807, 2.05) is 0 Å². The zero-order valence-corrected chi connectivity index (χ0v) is 14.5. The van der Waals surface area contributed by atoms with Crippen molar-refractivity contribution in [1.29, 1.82) is 0 Å². The molecule has 0 N–H and O–H groups in total. The van der Waals surface area contributed by atoms with Crippen LogP contribution in [-0.4, -0.2) is 61.4 Å². The van der Waals surface area contributed by atoms with Crippen molar-refractivity contribution in [1.82, 2.24) is 9.80 Å². The summed E-state index contributed by atoms with van der Waals surface area (Å²) in [6.07, 6.45) is 3.13. The van der Waals surface area contributed by atoms with Crippen LogP contribution in [0.15, 0.2) is 30.3 Å². The van der Waals surface area contributed by atoms with E-state index in [0.29, 0.717) is 42.4 Å².